The number of allylic oxidation sites excluding steroid dienone is 2. The molecule has 139 valence electrons. The van der Waals surface area contributed by atoms with E-state index in [1.54, 1.807) is 45.9 Å². The van der Waals surface area contributed by atoms with Gasteiger partial charge in [0, 0.05) is 15.3 Å². The van der Waals surface area contributed by atoms with Crippen molar-refractivity contribution in [1.29, 1.82) is 0 Å². The summed E-state index contributed by atoms with van der Waals surface area (Å²) in [5.41, 5.74) is 8.73. The second kappa shape index (κ2) is 6.49. The summed E-state index contributed by atoms with van der Waals surface area (Å²) in [4.78, 5) is 3.14. The summed E-state index contributed by atoms with van der Waals surface area (Å²) in [5, 5.41) is 4.54. The molecule has 7 rings (SSSR count). The minimum atomic E-state index is -0.995. The summed E-state index contributed by atoms with van der Waals surface area (Å²) in [5.74, 6) is 0. The van der Waals surface area contributed by atoms with Crippen LogP contribution in [0.1, 0.15) is 49.5 Å². The second-order valence-corrected chi connectivity index (χ2v) is 16.2. The van der Waals surface area contributed by atoms with E-state index in [4.69, 9.17) is 0 Å². The Hall–Kier alpha value is -1.02. The summed E-state index contributed by atoms with van der Waals surface area (Å²) in [7, 11) is -0.995. The maximum atomic E-state index is 2.52. The van der Waals surface area contributed by atoms with E-state index >= 15 is 0 Å². The van der Waals surface area contributed by atoms with Crippen molar-refractivity contribution in [2.75, 3.05) is 0 Å². The van der Waals surface area contributed by atoms with Crippen LogP contribution in [0.15, 0.2) is 53.6 Å². The molecule has 28 heavy (non-hydrogen) atoms. The third-order valence-electron chi connectivity index (χ3n) is 6.76. The molecule has 0 radical (unpaired) electrons. The number of benzene rings is 2. The molecule has 0 N–H and O–H groups in total. The fourth-order valence-electron chi connectivity index (χ4n) is 5.58. The van der Waals surface area contributed by atoms with Gasteiger partial charge in [-0.1, -0.05) is 18.7 Å². The van der Waals surface area contributed by atoms with Crippen molar-refractivity contribution in [3.05, 3.63) is 80.1 Å². The third-order valence-corrected chi connectivity index (χ3v) is 14.0. The van der Waals surface area contributed by atoms with Gasteiger partial charge in [-0.2, -0.15) is 0 Å². The molecule has 3 heterocycles. The zero-order chi connectivity index (χ0) is 19.8. The predicted octanol–water partition coefficient (Wildman–Crippen LogP) is 7.57. The van der Waals surface area contributed by atoms with Gasteiger partial charge in [-0.3, -0.25) is 0 Å². The van der Waals surface area contributed by atoms with Gasteiger partial charge in [0.05, 0.1) is 8.07 Å². The Morgan fingerprint density at radius 2 is 1.71 bits per heavy atom. The van der Waals surface area contributed by atoms with E-state index in [2.05, 4.69) is 82.4 Å². The van der Waals surface area contributed by atoms with E-state index < -0.39 is 8.07 Å². The molecule has 2 atom stereocenters. The van der Waals surface area contributed by atoms with Crippen LogP contribution >= 0.6 is 11.3 Å². The molecule has 0 nitrogen and oxygen atoms in total. The predicted molar refractivity (Wildman–Crippen MR) is 122 cm³/mol. The Kier molecular flexibility index (Phi) is 4.40. The number of rotatable bonds is 0. The number of fused-ring (bicyclic) bond motifs is 3. The summed E-state index contributed by atoms with van der Waals surface area (Å²) in [6.45, 7) is 11.8. The SMILES string of the molecule is CC1=C2c3sc(C)cc3C1[Si]2(C)C.CC1=Cc2c(ccc3ccccc23)[CH]1[Zr]. The van der Waals surface area contributed by atoms with Crippen LogP contribution in [0.2, 0.25) is 13.1 Å². The molecular formula is C25H25SSiZr. The van der Waals surface area contributed by atoms with Gasteiger partial charge >= 0.3 is 105 Å². The van der Waals surface area contributed by atoms with Crippen molar-refractivity contribution < 1.29 is 24.7 Å². The standard InChI is InChI=1S/C14H11.C11H14SSi.Zr/c1-10-8-12-7-6-11-4-2-3-5-13(11)14(12)9-10;1-6-5-8-9(12-6)11-7(2)10(8)13(11,3)4;/h2-9H,1H3;5,10H,1-4H3;. The van der Waals surface area contributed by atoms with E-state index in [-0.39, 0.29) is 0 Å². The molecule has 2 unspecified atom stereocenters. The van der Waals surface area contributed by atoms with Gasteiger partial charge in [0.15, 0.2) is 0 Å². The quantitative estimate of drug-likeness (QED) is 0.293. The molecule has 0 saturated carbocycles. The van der Waals surface area contributed by atoms with Crippen molar-refractivity contribution in [3.8, 4) is 0 Å². The first-order valence-electron chi connectivity index (χ1n) is 10.0. The Morgan fingerprint density at radius 3 is 2.43 bits per heavy atom. The number of thiophene rings is 1. The van der Waals surface area contributed by atoms with Gasteiger partial charge in [0.1, 0.15) is 0 Å². The van der Waals surface area contributed by atoms with Gasteiger partial charge in [-0.25, -0.2) is 0 Å². The third kappa shape index (κ3) is 2.56. The van der Waals surface area contributed by atoms with Crippen LogP contribution < -0.4 is 0 Å². The average Bonchev–Trinajstić information content (AvgIpc) is 3.30. The first kappa shape index (κ1) is 19.0. The van der Waals surface area contributed by atoms with Crippen LogP contribution in [0.25, 0.3) is 22.0 Å². The van der Waals surface area contributed by atoms with Crippen molar-refractivity contribution in [3.63, 3.8) is 0 Å². The molecule has 2 aliphatic carbocycles. The van der Waals surface area contributed by atoms with Gasteiger partial charge in [0.2, 0.25) is 0 Å². The Morgan fingerprint density at radius 1 is 0.964 bits per heavy atom. The number of aryl methyl sites for hydroxylation is 1. The van der Waals surface area contributed by atoms with Crippen LogP contribution in [-0.2, 0) is 24.7 Å². The molecule has 0 spiro atoms. The van der Waals surface area contributed by atoms with Crippen LogP contribution in [0, 0.1) is 6.92 Å². The molecule has 3 heteroatoms. The van der Waals surface area contributed by atoms with E-state index in [9.17, 15) is 0 Å². The summed E-state index contributed by atoms with van der Waals surface area (Å²) < 4.78 is 0.678. The Bertz CT molecular complexity index is 1190. The van der Waals surface area contributed by atoms with Crippen molar-refractivity contribution >= 4 is 41.5 Å². The van der Waals surface area contributed by atoms with Crippen LogP contribution in [0.4, 0.5) is 0 Å². The molecule has 2 aliphatic heterocycles. The number of hydrogen-bond acceptors (Lipinski definition) is 1. The topological polar surface area (TPSA) is 0 Å². The second-order valence-electron chi connectivity index (χ2n) is 8.97. The van der Waals surface area contributed by atoms with Crippen LogP contribution in [0.5, 0.6) is 0 Å². The van der Waals surface area contributed by atoms with Crippen molar-refractivity contribution in [2.24, 2.45) is 0 Å². The Balaban J connectivity index is 0.000000123. The molecule has 0 amide bonds. The normalized spacial score (nSPS) is 22.9. The van der Waals surface area contributed by atoms with Crippen molar-refractivity contribution in [2.45, 2.75) is 43.0 Å². The van der Waals surface area contributed by atoms with E-state index in [0.717, 1.165) is 5.54 Å². The fourth-order valence-corrected chi connectivity index (χ4v) is 12.7. The number of hydrogen-bond donors (Lipinski definition) is 0. The van der Waals surface area contributed by atoms with Crippen molar-refractivity contribution in [1.82, 2.24) is 0 Å². The summed E-state index contributed by atoms with van der Waals surface area (Å²) in [6, 6.07) is 15.6. The molecule has 3 aromatic rings. The molecule has 2 bridgehead atoms. The van der Waals surface area contributed by atoms with Crippen LogP contribution in [0.3, 0.4) is 0 Å². The first-order chi connectivity index (χ1) is 13.3. The average molecular weight is 477 g/mol. The molecule has 0 fully saturated rings. The van der Waals surface area contributed by atoms with Gasteiger partial charge in [0.25, 0.3) is 0 Å². The van der Waals surface area contributed by atoms with Gasteiger partial charge in [-0.15, -0.1) is 11.3 Å². The first-order valence-corrected chi connectivity index (χ1v) is 15.3. The molecule has 4 aliphatic rings. The molecule has 2 aromatic carbocycles. The van der Waals surface area contributed by atoms with Gasteiger partial charge in [-0.05, 0) is 30.7 Å². The maximum absolute atomic E-state index is 2.52. The molecular weight excluding hydrogens is 452 g/mol. The van der Waals surface area contributed by atoms with E-state index in [1.807, 2.05) is 11.3 Å². The van der Waals surface area contributed by atoms with E-state index in [0.29, 0.717) is 3.63 Å². The fraction of sp³-hybridized carbons (Fsp3) is 0.280. The Labute approximate surface area is 188 Å². The summed E-state index contributed by atoms with van der Waals surface area (Å²) in [6.07, 6.45) is 2.36. The molecule has 0 saturated heterocycles. The van der Waals surface area contributed by atoms with Gasteiger partial charge < -0.3 is 0 Å². The van der Waals surface area contributed by atoms with E-state index in [1.165, 1.54) is 32.3 Å². The van der Waals surface area contributed by atoms with Crippen LogP contribution in [-0.4, -0.2) is 8.07 Å². The zero-order valence-electron chi connectivity index (χ0n) is 17.2. The minimum absolute atomic E-state index is 0.678. The summed E-state index contributed by atoms with van der Waals surface area (Å²) >= 11 is 3.60. The molecule has 1 aromatic heterocycles. The monoisotopic (exact) mass is 475 g/mol. The zero-order valence-corrected chi connectivity index (χ0v) is 21.5.